The van der Waals surface area contributed by atoms with Crippen LogP contribution in [-0.4, -0.2) is 24.2 Å². The van der Waals surface area contributed by atoms with E-state index in [1.165, 1.54) is 12.1 Å². The molecule has 0 aliphatic carbocycles. The molecule has 1 heterocycles. The molecule has 1 aromatic heterocycles. The summed E-state index contributed by atoms with van der Waals surface area (Å²) in [4.78, 5) is 16.6. The van der Waals surface area contributed by atoms with Crippen LogP contribution in [0.1, 0.15) is 29.4 Å². The van der Waals surface area contributed by atoms with Crippen LogP contribution in [0, 0.1) is 19.7 Å². The molecule has 6 heteroatoms. The normalized spacial score (nSPS) is 10.7. The number of hydrogen-bond acceptors (Lipinski definition) is 4. The number of hydrogen-bond donors (Lipinski definition) is 0. The van der Waals surface area contributed by atoms with Gasteiger partial charge in [-0.2, -0.15) is 0 Å². The lowest BCUT2D eigenvalue weighted by Crippen LogP contribution is -2.11. The van der Waals surface area contributed by atoms with Crippen molar-refractivity contribution in [3.63, 3.8) is 0 Å². The highest BCUT2D eigenvalue weighted by Crippen LogP contribution is 2.35. The van der Waals surface area contributed by atoms with Crippen LogP contribution in [-0.2, 0) is 22.4 Å². The van der Waals surface area contributed by atoms with E-state index in [2.05, 4.69) is 4.98 Å². The zero-order valence-corrected chi connectivity index (χ0v) is 18.6. The Kier molecular flexibility index (Phi) is 7.64. The molecule has 2 aromatic carbocycles. The summed E-state index contributed by atoms with van der Waals surface area (Å²) in [5.74, 6) is 0.158. The Hall–Kier alpha value is -2.92. The first-order valence-electron chi connectivity index (χ1n) is 10.2. The van der Waals surface area contributed by atoms with Crippen LogP contribution < -0.4 is 4.74 Å². The zero-order chi connectivity index (χ0) is 22.4. The van der Waals surface area contributed by atoms with E-state index in [0.717, 1.165) is 33.8 Å². The summed E-state index contributed by atoms with van der Waals surface area (Å²) < 4.78 is 23.9. The summed E-state index contributed by atoms with van der Waals surface area (Å²) in [6.07, 6.45) is 0.773. The molecule has 0 spiro atoms. The van der Waals surface area contributed by atoms with E-state index in [0.29, 0.717) is 30.2 Å². The second kappa shape index (κ2) is 10.4. The van der Waals surface area contributed by atoms with E-state index in [4.69, 9.17) is 21.1 Å². The third-order valence-corrected chi connectivity index (χ3v) is 5.38. The van der Waals surface area contributed by atoms with Gasteiger partial charge in [-0.25, -0.2) is 4.39 Å². The molecule has 3 rings (SSSR count). The highest BCUT2D eigenvalue weighted by Gasteiger charge is 2.18. The van der Waals surface area contributed by atoms with Gasteiger partial charge in [-0.15, -0.1) is 0 Å². The number of aryl methyl sites for hydroxylation is 2. The fourth-order valence-electron chi connectivity index (χ4n) is 3.40. The summed E-state index contributed by atoms with van der Waals surface area (Å²) in [5, 5.41) is 0.517. The molecule has 0 aliphatic heterocycles. The standard InChI is InChI=1S/C25H25ClFNO3/c1-4-30-23(29)15-22-16(2)28-17(3)24(25(22)26)19-7-11-21(12-8-19)31-14-13-18-5-9-20(27)10-6-18/h5-12H,4,13-15H2,1-3H3. The molecular formula is C25H25ClFNO3. The van der Waals surface area contributed by atoms with Gasteiger partial charge in [0.05, 0.1) is 24.7 Å². The lowest BCUT2D eigenvalue weighted by Gasteiger charge is -2.15. The Balaban J connectivity index is 1.73. The van der Waals surface area contributed by atoms with Crippen molar-refractivity contribution in [1.29, 1.82) is 0 Å². The van der Waals surface area contributed by atoms with Gasteiger partial charge >= 0.3 is 5.97 Å². The molecule has 162 valence electrons. The van der Waals surface area contributed by atoms with Crippen LogP contribution >= 0.6 is 11.6 Å². The van der Waals surface area contributed by atoms with Gasteiger partial charge in [0.25, 0.3) is 0 Å². The van der Waals surface area contributed by atoms with E-state index in [1.807, 2.05) is 38.1 Å². The van der Waals surface area contributed by atoms with Crippen molar-refractivity contribution in [3.8, 4) is 16.9 Å². The number of carbonyl (C=O) groups is 1. The van der Waals surface area contributed by atoms with E-state index in [1.54, 1.807) is 19.1 Å². The average molecular weight is 442 g/mol. The molecule has 0 aliphatic rings. The van der Waals surface area contributed by atoms with E-state index >= 15 is 0 Å². The van der Waals surface area contributed by atoms with Crippen molar-refractivity contribution in [2.75, 3.05) is 13.2 Å². The largest absolute Gasteiger partial charge is 0.493 e. The van der Waals surface area contributed by atoms with Gasteiger partial charge in [-0.3, -0.25) is 9.78 Å². The van der Waals surface area contributed by atoms with Crippen LogP contribution in [0.15, 0.2) is 48.5 Å². The molecule has 0 saturated heterocycles. The summed E-state index contributed by atoms with van der Waals surface area (Å²) in [5.41, 5.74) is 4.90. The number of esters is 1. The Morgan fingerprint density at radius 1 is 1.03 bits per heavy atom. The van der Waals surface area contributed by atoms with Crippen LogP contribution in [0.2, 0.25) is 5.02 Å². The van der Waals surface area contributed by atoms with Crippen LogP contribution in [0.4, 0.5) is 4.39 Å². The second-order valence-electron chi connectivity index (χ2n) is 7.18. The Bertz CT molecular complexity index is 1050. The number of ether oxygens (including phenoxy) is 2. The predicted molar refractivity (Wildman–Crippen MR) is 120 cm³/mol. The molecule has 0 bridgehead atoms. The minimum atomic E-state index is -0.325. The van der Waals surface area contributed by atoms with Crippen molar-refractivity contribution >= 4 is 17.6 Å². The minimum Gasteiger partial charge on any atom is -0.493 e. The number of nitrogens with zero attached hydrogens (tertiary/aromatic N) is 1. The van der Waals surface area contributed by atoms with Crippen LogP contribution in [0.25, 0.3) is 11.1 Å². The first-order valence-corrected chi connectivity index (χ1v) is 10.6. The molecule has 3 aromatic rings. The molecule has 0 atom stereocenters. The smallest absolute Gasteiger partial charge is 0.310 e. The summed E-state index contributed by atoms with van der Waals surface area (Å²) in [7, 11) is 0. The fourth-order valence-corrected chi connectivity index (χ4v) is 3.85. The van der Waals surface area contributed by atoms with E-state index in [9.17, 15) is 9.18 Å². The van der Waals surface area contributed by atoms with Gasteiger partial charge in [-0.05, 0) is 56.2 Å². The third kappa shape index (κ3) is 5.82. The summed E-state index contributed by atoms with van der Waals surface area (Å²) in [6.45, 7) is 6.32. The van der Waals surface area contributed by atoms with Gasteiger partial charge in [-0.1, -0.05) is 35.9 Å². The quantitative estimate of drug-likeness (QED) is 0.409. The van der Waals surface area contributed by atoms with Crippen LogP contribution in [0.5, 0.6) is 5.75 Å². The molecule has 31 heavy (non-hydrogen) atoms. The first kappa shape index (κ1) is 22.8. The maximum absolute atomic E-state index is 13.0. The average Bonchev–Trinajstić information content (AvgIpc) is 2.74. The third-order valence-electron chi connectivity index (χ3n) is 4.96. The molecule has 0 N–H and O–H groups in total. The minimum absolute atomic E-state index is 0.0867. The number of pyridine rings is 1. The van der Waals surface area contributed by atoms with Crippen LogP contribution in [0.3, 0.4) is 0 Å². The molecule has 0 unspecified atom stereocenters. The fraction of sp³-hybridized carbons (Fsp3) is 0.280. The van der Waals surface area contributed by atoms with Crippen molar-refractivity contribution in [2.24, 2.45) is 0 Å². The van der Waals surface area contributed by atoms with Gasteiger partial charge in [0.15, 0.2) is 0 Å². The van der Waals surface area contributed by atoms with Crippen molar-refractivity contribution < 1.29 is 18.7 Å². The van der Waals surface area contributed by atoms with Crippen molar-refractivity contribution in [3.05, 3.63) is 81.9 Å². The number of benzene rings is 2. The highest BCUT2D eigenvalue weighted by atomic mass is 35.5. The monoisotopic (exact) mass is 441 g/mol. The maximum atomic E-state index is 13.0. The lowest BCUT2D eigenvalue weighted by atomic mass is 9.99. The van der Waals surface area contributed by atoms with Crippen molar-refractivity contribution in [1.82, 2.24) is 4.98 Å². The van der Waals surface area contributed by atoms with Gasteiger partial charge in [0, 0.05) is 28.9 Å². The van der Waals surface area contributed by atoms with E-state index in [-0.39, 0.29) is 18.2 Å². The molecule has 0 amide bonds. The van der Waals surface area contributed by atoms with Gasteiger partial charge in [0.2, 0.25) is 0 Å². The topological polar surface area (TPSA) is 48.4 Å². The molecule has 0 radical (unpaired) electrons. The maximum Gasteiger partial charge on any atom is 0.310 e. The van der Waals surface area contributed by atoms with E-state index < -0.39 is 0 Å². The Labute approximate surface area is 187 Å². The zero-order valence-electron chi connectivity index (χ0n) is 17.9. The molecule has 4 nitrogen and oxygen atoms in total. The molecule has 0 fully saturated rings. The predicted octanol–water partition coefficient (Wildman–Crippen LogP) is 5.89. The number of halogens is 2. The first-order chi connectivity index (χ1) is 14.9. The van der Waals surface area contributed by atoms with Crippen molar-refractivity contribution in [2.45, 2.75) is 33.6 Å². The second-order valence-corrected chi connectivity index (χ2v) is 7.56. The van der Waals surface area contributed by atoms with Gasteiger partial charge in [0.1, 0.15) is 11.6 Å². The summed E-state index contributed by atoms with van der Waals surface area (Å²) in [6, 6.07) is 14.0. The SMILES string of the molecule is CCOC(=O)Cc1c(C)nc(C)c(-c2ccc(OCCc3ccc(F)cc3)cc2)c1Cl. The Morgan fingerprint density at radius 2 is 1.71 bits per heavy atom. The highest BCUT2D eigenvalue weighted by molar-refractivity contribution is 6.34. The number of rotatable bonds is 8. The lowest BCUT2D eigenvalue weighted by molar-refractivity contribution is -0.142. The number of aromatic nitrogens is 1. The van der Waals surface area contributed by atoms with Gasteiger partial charge < -0.3 is 9.47 Å². The number of carbonyl (C=O) groups excluding carboxylic acids is 1. The molecule has 0 saturated carbocycles. The Morgan fingerprint density at radius 3 is 2.35 bits per heavy atom. The summed E-state index contributed by atoms with van der Waals surface area (Å²) >= 11 is 6.69. The molecular weight excluding hydrogens is 417 g/mol.